The molecule has 190 valence electrons. The number of aromatic nitrogens is 2. The molecular formula is C25H24F4N4O2S. The van der Waals surface area contributed by atoms with Gasteiger partial charge >= 0.3 is 6.18 Å². The van der Waals surface area contributed by atoms with E-state index in [4.69, 9.17) is 0 Å². The van der Waals surface area contributed by atoms with Crippen molar-refractivity contribution in [3.05, 3.63) is 65.5 Å². The number of nitrogens with zero attached hydrogens (tertiary/aromatic N) is 2. The molecule has 11 heteroatoms. The third kappa shape index (κ3) is 4.03. The van der Waals surface area contributed by atoms with Gasteiger partial charge in [-0.2, -0.15) is 35.7 Å². The minimum atomic E-state index is -4.60. The van der Waals surface area contributed by atoms with E-state index in [1.54, 1.807) is 12.1 Å². The van der Waals surface area contributed by atoms with Crippen molar-refractivity contribution in [1.82, 2.24) is 19.2 Å². The smallest absolute Gasteiger partial charge is 0.277 e. The predicted octanol–water partition coefficient (Wildman–Crippen LogP) is 4.46. The van der Waals surface area contributed by atoms with Crippen molar-refractivity contribution in [3.8, 4) is 22.5 Å². The molecule has 0 unspecified atom stereocenters. The van der Waals surface area contributed by atoms with E-state index in [9.17, 15) is 26.0 Å². The van der Waals surface area contributed by atoms with Gasteiger partial charge in [0, 0.05) is 12.1 Å². The zero-order valence-corrected chi connectivity index (χ0v) is 20.0. The van der Waals surface area contributed by atoms with Gasteiger partial charge < -0.3 is 0 Å². The quantitative estimate of drug-likeness (QED) is 0.501. The second kappa shape index (κ2) is 8.12. The molecule has 1 saturated heterocycles. The topological polar surface area (TPSA) is 78.1 Å². The van der Waals surface area contributed by atoms with E-state index in [0.717, 1.165) is 46.5 Å². The van der Waals surface area contributed by atoms with Crippen LogP contribution in [-0.2, 0) is 23.1 Å². The van der Waals surface area contributed by atoms with Crippen LogP contribution in [-0.4, -0.2) is 47.7 Å². The number of H-pyrrole nitrogens is 1. The monoisotopic (exact) mass is 520 g/mol. The van der Waals surface area contributed by atoms with E-state index in [2.05, 4.69) is 14.9 Å². The first-order valence-electron chi connectivity index (χ1n) is 11.8. The predicted molar refractivity (Wildman–Crippen MR) is 125 cm³/mol. The molecule has 3 atom stereocenters. The first-order chi connectivity index (χ1) is 17.0. The highest BCUT2D eigenvalue weighted by Gasteiger charge is 2.60. The van der Waals surface area contributed by atoms with Gasteiger partial charge in [-0.25, -0.2) is 4.39 Å². The minimum absolute atomic E-state index is 0.0712. The average Bonchev–Trinajstić information content (AvgIpc) is 3.43. The largest absolute Gasteiger partial charge is 0.402 e. The number of aromatic amines is 1. The van der Waals surface area contributed by atoms with Crippen molar-refractivity contribution >= 4 is 10.2 Å². The SMILES string of the molecule is O=S1(=O)N[C@]2(CN1CC(F)(F)F)[C@@H]1CC[C@H]2Cc2cc(-c3cc(-c4ccc(F)cc4)[nH]n3)ccc2C1. The fourth-order valence-electron chi connectivity index (χ4n) is 6.25. The molecule has 2 bridgehead atoms. The van der Waals surface area contributed by atoms with Gasteiger partial charge in [-0.15, -0.1) is 0 Å². The van der Waals surface area contributed by atoms with Crippen LogP contribution in [0.25, 0.3) is 22.5 Å². The van der Waals surface area contributed by atoms with Crippen LogP contribution in [0.4, 0.5) is 17.6 Å². The standard InChI is InChI=1S/C25H24F4N4O2S/c26-21-7-3-15(4-8-21)22-12-23(31-30-22)17-2-1-16-10-19-5-6-20(11-18(16)9-17)24(19)13-33(14-25(27,28)29)36(34,35)32-24/h1-4,7-9,12,19-20,32H,5-6,10-11,13-14H2,(H,30,31)/t19-,20+,24-/m1/s1. The summed E-state index contributed by atoms with van der Waals surface area (Å²) in [7, 11) is -4.21. The first kappa shape index (κ1) is 23.6. The third-order valence-corrected chi connectivity index (χ3v) is 9.52. The fourth-order valence-corrected chi connectivity index (χ4v) is 7.96. The van der Waals surface area contributed by atoms with Gasteiger partial charge in [0.15, 0.2) is 0 Å². The molecule has 6 rings (SSSR count). The number of rotatable bonds is 3. The molecule has 2 aromatic carbocycles. The summed E-state index contributed by atoms with van der Waals surface area (Å²) in [5.74, 6) is -0.485. The molecule has 2 aliphatic carbocycles. The molecular weight excluding hydrogens is 496 g/mol. The zero-order valence-electron chi connectivity index (χ0n) is 19.1. The molecule has 36 heavy (non-hydrogen) atoms. The highest BCUT2D eigenvalue weighted by molar-refractivity contribution is 7.87. The van der Waals surface area contributed by atoms with Crippen LogP contribution in [0.3, 0.4) is 0 Å². The van der Waals surface area contributed by atoms with Gasteiger partial charge in [0.25, 0.3) is 10.2 Å². The van der Waals surface area contributed by atoms with E-state index in [-0.39, 0.29) is 24.2 Å². The van der Waals surface area contributed by atoms with Crippen LogP contribution < -0.4 is 4.72 Å². The van der Waals surface area contributed by atoms with Gasteiger partial charge in [0.05, 0.1) is 16.9 Å². The van der Waals surface area contributed by atoms with Gasteiger partial charge in [-0.1, -0.05) is 12.1 Å². The Bertz CT molecular complexity index is 1420. The van der Waals surface area contributed by atoms with Crippen molar-refractivity contribution < 1.29 is 26.0 Å². The molecule has 1 aliphatic heterocycles. The number of hydrogen-bond acceptors (Lipinski definition) is 3. The number of fused-ring (bicyclic) bond motifs is 1. The number of nitrogens with one attached hydrogen (secondary N) is 2. The van der Waals surface area contributed by atoms with E-state index in [0.29, 0.717) is 17.1 Å². The number of hydrogen-bond donors (Lipinski definition) is 2. The molecule has 0 radical (unpaired) electrons. The maximum Gasteiger partial charge on any atom is 0.402 e. The lowest BCUT2D eigenvalue weighted by molar-refractivity contribution is -0.136. The lowest BCUT2D eigenvalue weighted by atomic mass is 9.79. The third-order valence-electron chi connectivity index (χ3n) is 7.94. The number of halogens is 4. The number of benzene rings is 2. The Balaban J connectivity index is 1.29. The summed E-state index contributed by atoms with van der Waals surface area (Å²) in [6.07, 6.45) is -1.88. The van der Waals surface area contributed by atoms with Gasteiger partial charge in [-0.3, -0.25) is 5.10 Å². The van der Waals surface area contributed by atoms with Gasteiger partial charge in [0.2, 0.25) is 0 Å². The van der Waals surface area contributed by atoms with Crippen molar-refractivity contribution in [1.29, 1.82) is 0 Å². The summed E-state index contributed by atoms with van der Waals surface area (Å²) >= 11 is 0. The van der Waals surface area contributed by atoms with Crippen molar-refractivity contribution in [2.75, 3.05) is 13.1 Å². The summed E-state index contributed by atoms with van der Waals surface area (Å²) in [4.78, 5) is 0. The average molecular weight is 521 g/mol. The van der Waals surface area contributed by atoms with E-state index >= 15 is 0 Å². The van der Waals surface area contributed by atoms with Crippen molar-refractivity contribution in [3.63, 3.8) is 0 Å². The summed E-state index contributed by atoms with van der Waals surface area (Å²) in [5, 5.41) is 7.40. The van der Waals surface area contributed by atoms with Gasteiger partial charge in [-0.05, 0) is 90.6 Å². The Hall–Kier alpha value is -2.76. The molecule has 2 heterocycles. The Kier molecular flexibility index (Phi) is 5.33. The molecule has 0 amide bonds. The van der Waals surface area contributed by atoms with Gasteiger partial charge in [0.1, 0.15) is 12.4 Å². The molecule has 6 nitrogen and oxygen atoms in total. The first-order valence-corrected chi connectivity index (χ1v) is 13.3. The summed E-state index contributed by atoms with van der Waals surface area (Å²) < 4.78 is 81.1. The molecule has 3 aliphatic rings. The Labute approximate surface area is 205 Å². The molecule has 1 aromatic heterocycles. The minimum Gasteiger partial charge on any atom is -0.277 e. The van der Waals surface area contributed by atoms with E-state index < -0.39 is 28.5 Å². The molecule has 3 aromatic rings. The zero-order chi connectivity index (χ0) is 25.3. The van der Waals surface area contributed by atoms with Crippen LogP contribution in [0.2, 0.25) is 0 Å². The molecule has 2 fully saturated rings. The van der Waals surface area contributed by atoms with E-state index in [1.165, 1.54) is 12.1 Å². The fraction of sp³-hybridized carbons (Fsp3) is 0.400. The maximum atomic E-state index is 13.3. The lowest BCUT2D eigenvalue weighted by Crippen LogP contribution is -2.52. The van der Waals surface area contributed by atoms with Crippen molar-refractivity contribution in [2.24, 2.45) is 11.8 Å². The van der Waals surface area contributed by atoms with Crippen LogP contribution >= 0.6 is 0 Å². The van der Waals surface area contributed by atoms with Crippen LogP contribution in [0.1, 0.15) is 24.0 Å². The maximum absolute atomic E-state index is 13.3. The highest BCUT2D eigenvalue weighted by atomic mass is 32.2. The molecule has 2 N–H and O–H groups in total. The van der Waals surface area contributed by atoms with Crippen LogP contribution in [0.15, 0.2) is 48.5 Å². The second-order valence-electron chi connectivity index (χ2n) is 10.1. The highest BCUT2D eigenvalue weighted by Crippen LogP contribution is 2.50. The van der Waals surface area contributed by atoms with E-state index in [1.807, 2.05) is 24.3 Å². The Morgan fingerprint density at radius 3 is 2.33 bits per heavy atom. The Morgan fingerprint density at radius 1 is 0.972 bits per heavy atom. The number of alkyl halides is 3. The summed E-state index contributed by atoms with van der Waals surface area (Å²) in [6, 6.07) is 14.0. The summed E-state index contributed by atoms with van der Waals surface area (Å²) in [5.41, 5.74) is 4.43. The molecule has 1 spiro atoms. The molecule has 1 saturated carbocycles. The normalized spacial score (nSPS) is 27.3. The van der Waals surface area contributed by atoms with Crippen molar-refractivity contribution in [2.45, 2.75) is 37.4 Å². The van der Waals surface area contributed by atoms with Crippen LogP contribution in [0.5, 0.6) is 0 Å². The van der Waals surface area contributed by atoms with Crippen LogP contribution in [0, 0.1) is 17.7 Å². The second-order valence-corrected chi connectivity index (χ2v) is 11.7. The Morgan fingerprint density at radius 2 is 1.64 bits per heavy atom. The lowest BCUT2D eigenvalue weighted by Gasteiger charge is -2.33. The summed E-state index contributed by atoms with van der Waals surface area (Å²) in [6.45, 7) is -1.64.